The van der Waals surface area contributed by atoms with E-state index in [1.807, 2.05) is 19.1 Å². The molecule has 1 saturated heterocycles. The summed E-state index contributed by atoms with van der Waals surface area (Å²) in [6.45, 7) is 4.55. The summed E-state index contributed by atoms with van der Waals surface area (Å²) >= 11 is 0. The van der Waals surface area contributed by atoms with Gasteiger partial charge >= 0.3 is 0 Å². The SMILES string of the molecule is CCOc1cc(C2CNC2)ccc1O. The van der Waals surface area contributed by atoms with E-state index in [0.29, 0.717) is 18.3 Å². The summed E-state index contributed by atoms with van der Waals surface area (Å²) in [6.07, 6.45) is 0. The Morgan fingerprint density at radius 2 is 2.29 bits per heavy atom. The fourth-order valence-electron chi connectivity index (χ4n) is 1.58. The number of nitrogens with one attached hydrogen (secondary N) is 1. The van der Waals surface area contributed by atoms with Gasteiger partial charge in [-0.05, 0) is 24.6 Å². The van der Waals surface area contributed by atoms with E-state index in [9.17, 15) is 5.11 Å². The first-order valence-electron chi connectivity index (χ1n) is 4.97. The van der Waals surface area contributed by atoms with Crippen molar-refractivity contribution in [3.63, 3.8) is 0 Å². The van der Waals surface area contributed by atoms with E-state index in [2.05, 4.69) is 5.32 Å². The van der Waals surface area contributed by atoms with Gasteiger partial charge in [-0.15, -0.1) is 0 Å². The molecule has 0 atom stereocenters. The largest absolute Gasteiger partial charge is 0.504 e. The molecule has 0 radical (unpaired) electrons. The Morgan fingerprint density at radius 1 is 1.50 bits per heavy atom. The van der Waals surface area contributed by atoms with Gasteiger partial charge in [0.2, 0.25) is 0 Å². The van der Waals surface area contributed by atoms with Gasteiger partial charge in [-0.3, -0.25) is 0 Å². The maximum absolute atomic E-state index is 9.50. The Morgan fingerprint density at radius 3 is 2.86 bits per heavy atom. The van der Waals surface area contributed by atoms with Crippen molar-refractivity contribution in [1.82, 2.24) is 5.32 Å². The fraction of sp³-hybridized carbons (Fsp3) is 0.455. The van der Waals surface area contributed by atoms with Crippen molar-refractivity contribution in [2.24, 2.45) is 0 Å². The van der Waals surface area contributed by atoms with E-state index in [4.69, 9.17) is 4.74 Å². The molecule has 0 amide bonds. The van der Waals surface area contributed by atoms with Gasteiger partial charge in [-0.1, -0.05) is 6.07 Å². The van der Waals surface area contributed by atoms with Gasteiger partial charge in [0.25, 0.3) is 0 Å². The minimum atomic E-state index is 0.225. The molecule has 1 aliphatic rings. The first-order chi connectivity index (χ1) is 6.81. The molecular weight excluding hydrogens is 178 g/mol. The molecule has 3 nitrogen and oxygen atoms in total. The summed E-state index contributed by atoms with van der Waals surface area (Å²) in [4.78, 5) is 0. The summed E-state index contributed by atoms with van der Waals surface area (Å²) in [5, 5.41) is 12.7. The second-order valence-electron chi connectivity index (χ2n) is 3.52. The molecule has 0 spiro atoms. The van der Waals surface area contributed by atoms with Crippen LogP contribution in [-0.4, -0.2) is 24.8 Å². The van der Waals surface area contributed by atoms with Crippen LogP contribution in [-0.2, 0) is 0 Å². The van der Waals surface area contributed by atoms with Crippen molar-refractivity contribution in [2.45, 2.75) is 12.8 Å². The van der Waals surface area contributed by atoms with Crippen molar-refractivity contribution in [3.05, 3.63) is 23.8 Å². The van der Waals surface area contributed by atoms with Crippen molar-refractivity contribution in [3.8, 4) is 11.5 Å². The zero-order valence-electron chi connectivity index (χ0n) is 8.29. The first kappa shape index (κ1) is 9.34. The molecule has 1 aliphatic heterocycles. The van der Waals surface area contributed by atoms with Gasteiger partial charge in [0.05, 0.1) is 6.61 Å². The molecule has 0 bridgehead atoms. The lowest BCUT2D eigenvalue weighted by Gasteiger charge is -2.27. The zero-order chi connectivity index (χ0) is 9.97. The topological polar surface area (TPSA) is 41.5 Å². The first-order valence-corrected chi connectivity index (χ1v) is 4.97. The summed E-state index contributed by atoms with van der Waals surface area (Å²) < 4.78 is 5.33. The van der Waals surface area contributed by atoms with E-state index in [0.717, 1.165) is 13.1 Å². The standard InChI is InChI=1S/C11H15NO2/c1-2-14-11-5-8(3-4-10(11)13)9-6-12-7-9/h3-5,9,12-13H,2,6-7H2,1H3. The van der Waals surface area contributed by atoms with E-state index in [1.165, 1.54) is 5.56 Å². The quantitative estimate of drug-likeness (QED) is 0.764. The molecule has 0 aliphatic carbocycles. The third-order valence-electron chi connectivity index (χ3n) is 2.54. The van der Waals surface area contributed by atoms with Gasteiger partial charge in [0.1, 0.15) is 0 Å². The number of ether oxygens (including phenoxy) is 1. The number of aromatic hydroxyl groups is 1. The molecule has 14 heavy (non-hydrogen) atoms. The van der Waals surface area contributed by atoms with Gasteiger partial charge in [-0.2, -0.15) is 0 Å². The highest BCUT2D eigenvalue weighted by Gasteiger charge is 2.19. The van der Waals surface area contributed by atoms with Gasteiger partial charge in [0.15, 0.2) is 11.5 Å². The Balaban J connectivity index is 2.21. The van der Waals surface area contributed by atoms with Crippen LogP contribution in [0.15, 0.2) is 18.2 Å². The van der Waals surface area contributed by atoms with Crippen LogP contribution in [0, 0.1) is 0 Å². The molecule has 1 aromatic carbocycles. The van der Waals surface area contributed by atoms with Crippen molar-refractivity contribution < 1.29 is 9.84 Å². The molecule has 2 N–H and O–H groups in total. The van der Waals surface area contributed by atoms with Gasteiger partial charge in [-0.25, -0.2) is 0 Å². The average Bonchev–Trinajstić information content (AvgIpc) is 2.08. The smallest absolute Gasteiger partial charge is 0.161 e. The molecule has 1 heterocycles. The molecule has 0 aromatic heterocycles. The van der Waals surface area contributed by atoms with Crippen LogP contribution in [0.2, 0.25) is 0 Å². The second-order valence-corrected chi connectivity index (χ2v) is 3.52. The van der Waals surface area contributed by atoms with E-state index >= 15 is 0 Å². The van der Waals surface area contributed by atoms with Crippen LogP contribution in [0.3, 0.4) is 0 Å². The third-order valence-corrected chi connectivity index (χ3v) is 2.54. The zero-order valence-corrected chi connectivity index (χ0v) is 8.29. The lowest BCUT2D eigenvalue weighted by atomic mass is 9.93. The number of hydrogen-bond acceptors (Lipinski definition) is 3. The van der Waals surface area contributed by atoms with E-state index in [-0.39, 0.29) is 5.75 Å². The van der Waals surface area contributed by atoms with Crippen LogP contribution in [0.25, 0.3) is 0 Å². The average molecular weight is 193 g/mol. The fourth-order valence-corrected chi connectivity index (χ4v) is 1.58. The summed E-state index contributed by atoms with van der Waals surface area (Å²) in [5.41, 5.74) is 1.24. The second kappa shape index (κ2) is 3.88. The number of phenolic OH excluding ortho intramolecular Hbond substituents is 1. The van der Waals surface area contributed by atoms with Crippen molar-refractivity contribution in [1.29, 1.82) is 0 Å². The highest BCUT2D eigenvalue weighted by molar-refractivity contribution is 5.43. The molecule has 76 valence electrons. The maximum Gasteiger partial charge on any atom is 0.161 e. The summed E-state index contributed by atoms with van der Waals surface area (Å²) in [6, 6.07) is 5.60. The predicted octanol–water partition coefficient (Wildman–Crippen LogP) is 1.48. The molecule has 2 rings (SSSR count). The Bertz CT molecular complexity index is 321. The van der Waals surface area contributed by atoms with E-state index in [1.54, 1.807) is 6.07 Å². The number of rotatable bonds is 3. The lowest BCUT2D eigenvalue weighted by Crippen LogP contribution is -2.39. The minimum Gasteiger partial charge on any atom is -0.504 e. The van der Waals surface area contributed by atoms with Crippen LogP contribution in [0.1, 0.15) is 18.4 Å². The lowest BCUT2D eigenvalue weighted by molar-refractivity contribution is 0.316. The molecular formula is C11H15NO2. The van der Waals surface area contributed by atoms with Crippen molar-refractivity contribution >= 4 is 0 Å². The molecule has 1 fully saturated rings. The Labute approximate surface area is 83.7 Å². The minimum absolute atomic E-state index is 0.225. The Kier molecular flexibility index (Phi) is 2.59. The Hall–Kier alpha value is -1.22. The maximum atomic E-state index is 9.50. The molecule has 1 aromatic rings. The summed E-state index contributed by atoms with van der Waals surface area (Å²) in [7, 11) is 0. The number of benzene rings is 1. The number of phenols is 1. The van der Waals surface area contributed by atoms with Crippen molar-refractivity contribution in [2.75, 3.05) is 19.7 Å². The molecule has 0 unspecified atom stereocenters. The van der Waals surface area contributed by atoms with E-state index < -0.39 is 0 Å². The van der Waals surface area contributed by atoms with Gasteiger partial charge < -0.3 is 15.2 Å². The molecule has 0 saturated carbocycles. The molecule has 3 heteroatoms. The highest BCUT2D eigenvalue weighted by Crippen LogP contribution is 2.31. The monoisotopic (exact) mass is 193 g/mol. The van der Waals surface area contributed by atoms with Crippen LogP contribution < -0.4 is 10.1 Å². The predicted molar refractivity (Wildman–Crippen MR) is 54.9 cm³/mol. The number of hydrogen-bond donors (Lipinski definition) is 2. The van der Waals surface area contributed by atoms with Crippen LogP contribution in [0.4, 0.5) is 0 Å². The van der Waals surface area contributed by atoms with Crippen LogP contribution >= 0.6 is 0 Å². The normalized spacial score (nSPS) is 16.4. The van der Waals surface area contributed by atoms with Crippen LogP contribution in [0.5, 0.6) is 11.5 Å². The van der Waals surface area contributed by atoms with Gasteiger partial charge in [0, 0.05) is 19.0 Å². The summed E-state index contributed by atoms with van der Waals surface area (Å²) in [5.74, 6) is 1.40. The highest BCUT2D eigenvalue weighted by atomic mass is 16.5. The third kappa shape index (κ3) is 1.68.